The number of aromatic nitrogens is 1. The van der Waals surface area contributed by atoms with Crippen LogP contribution in [0.1, 0.15) is 18.2 Å². The van der Waals surface area contributed by atoms with Gasteiger partial charge in [-0.1, -0.05) is 36.9 Å². The van der Waals surface area contributed by atoms with Crippen molar-refractivity contribution in [2.75, 3.05) is 0 Å². The van der Waals surface area contributed by atoms with E-state index in [1.165, 1.54) is 35.8 Å². The molecule has 1 aromatic carbocycles. The molecular weight excluding hydrogens is 330 g/mol. The van der Waals surface area contributed by atoms with Gasteiger partial charge >= 0.3 is 0 Å². The highest BCUT2D eigenvalue weighted by Crippen LogP contribution is 2.44. The van der Waals surface area contributed by atoms with Gasteiger partial charge in [0.05, 0.1) is 10.4 Å². The third-order valence-corrected chi connectivity index (χ3v) is 6.77. The summed E-state index contributed by atoms with van der Waals surface area (Å²) in [7, 11) is 0. The molecule has 0 saturated carbocycles. The Morgan fingerprint density at radius 3 is 2.46 bits per heavy atom. The lowest BCUT2D eigenvalue weighted by Crippen LogP contribution is -1.83. The summed E-state index contributed by atoms with van der Waals surface area (Å²) in [5, 5.41) is 1.29. The number of pyridine rings is 1. The molecule has 0 aliphatic rings. The standard InChI is InChI=1S/C21H17NS2/c1-13(2)19-21-16(11-12-22-19)14(3)20(24-21)18-10-9-17(23-18)15-7-5-4-6-8-15/h4-12H,1H2,2-3H3. The first-order valence-electron chi connectivity index (χ1n) is 7.85. The zero-order chi connectivity index (χ0) is 16.7. The molecule has 4 rings (SSSR count). The van der Waals surface area contributed by atoms with E-state index in [9.17, 15) is 0 Å². The van der Waals surface area contributed by atoms with Crippen LogP contribution >= 0.6 is 22.7 Å². The second-order valence-corrected chi connectivity index (χ2v) is 8.01. The topological polar surface area (TPSA) is 12.9 Å². The summed E-state index contributed by atoms with van der Waals surface area (Å²) >= 11 is 3.68. The fourth-order valence-electron chi connectivity index (χ4n) is 2.90. The average molecular weight is 348 g/mol. The minimum absolute atomic E-state index is 1.02. The lowest BCUT2D eigenvalue weighted by atomic mass is 10.1. The Labute approximate surface area is 149 Å². The fourth-order valence-corrected chi connectivity index (χ4v) is 5.45. The van der Waals surface area contributed by atoms with Gasteiger partial charge in [-0.2, -0.15) is 0 Å². The Kier molecular flexibility index (Phi) is 3.83. The molecule has 118 valence electrons. The number of hydrogen-bond acceptors (Lipinski definition) is 3. The molecule has 0 aliphatic carbocycles. The Morgan fingerprint density at radius 2 is 1.71 bits per heavy atom. The summed E-state index contributed by atoms with van der Waals surface area (Å²) < 4.78 is 1.24. The molecule has 24 heavy (non-hydrogen) atoms. The first kappa shape index (κ1) is 15.3. The molecule has 1 nitrogen and oxygen atoms in total. The molecule has 3 heterocycles. The maximum atomic E-state index is 4.52. The van der Waals surface area contributed by atoms with Crippen molar-refractivity contribution >= 4 is 38.3 Å². The average Bonchev–Trinajstić information content (AvgIpc) is 3.20. The predicted octanol–water partition coefficient (Wildman–Crippen LogP) is 7.03. The van der Waals surface area contributed by atoms with Gasteiger partial charge in [0.15, 0.2) is 0 Å². The highest BCUT2D eigenvalue weighted by molar-refractivity contribution is 7.27. The van der Waals surface area contributed by atoms with Crippen molar-refractivity contribution < 1.29 is 0 Å². The number of thiophene rings is 2. The van der Waals surface area contributed by atoms with Crippen molar-refractivity contribution in [1.29, 1.82) is 0 Å². The van der Waals surface area contributed by atoms with Gasteiger partial charge in [0.1, 0.15) is 0 Å². The van der Waals surface area contributed by atoms with Crippen molar-refractivity contribution in [3.63, 3.8) is 0 Å². The van der Waals surface area contributed by atoms with Gasteiger partial charge in [-0.3, -0.25) is 4.98 Å². The van der Waals surface area contributed by atoms with Crippen molar-refractivity contribution in [3.05, 3.63) is 72.6 Å². The molecule has 3 heteroatoms. The monoisotopic (exact) mass is 347 g/mol. The molecule has 0 amide bonds. The van der Waals surface area contributed by atoms with E-state index in [4.69, 9.17) is 0 Å². The molecule has 0 aliphatic heterocycles. The molecule has 3 aromatic heterocycles. The number of nitrogens with zero attached hydrogens (tertiary/aromatic N) is 1. The smallest absolute Gasteiger partial charge is 0.0831 e. The minimum atomic E-state index is 1.02. The first-order chi connectivity index (χ1) is 11.6. The largest absolute Gasteiger partial charge is 0.255 e. The van der Waals surface area contributed by atoms with Crippen LogP contribution in [-0.2, 0) is 0 Å². The van der Waals surface area contributed by atoms with Crippen molar-refractivity contribution in [1.82, 2.24) is 4.98 Å². The van der Waals surface area contributed by atoms with E-state index in [2.05, 4.69) is 67.0 Å². The van der Waals surface area contributed by atoms with Crippen LogP contribution < -0.4 is 0 Å². The van der Waals surface area contributed by atoms with Crippen molar-refractivity contribution in [3.8, 4) is 20.2 Å². The molecule has 0 N–H and O–H groups in total. The van der Waals surface area contributed by atoms with E-state index in [0.717, 1.165) is 11.3 Å². The van der Waals surface area contributed by atoms with Gasteiger partial charge in [-0.15, -0.1) is 22.7 Å². The summed E-state index contributed by atoms with van der Waals surface area (Å²) in [6.07, 6.45) is 1.89. The van der Waals surface area contributed by atoms with Crippen LogP contribution in [0.25, 0.3) is 35.9 Å². The molecule has 4 aromatic rings. The second kappa shape index (κ2) is 6.00. The summed E-state index contributed by atoms with van der Waals surface area (Å²) in [6.45, 7) is 8.31. The highest BCUT2D eigenvalue weighted by atomic mass is 32.1. The van der Waals surface area contributed by atoms with Gasteiger partial charge in [0.25, 0.3) is 0 Å². The van der Waals surface area contributed by atoms with Gasteiger partial charge in [0, 0.05) is 20.8 Å². The van der Waals surface area contributed by atoms with Crippen LogP contribution in [0.4, 0.5) is 0 Å². The van der Waals surface area contributed by atoms with Crippen LogP contribution in [0.2, 0.25) is 0 Å². The molecular formula is C21H17NS2. The third kappa shape index (κ3) is 2.50. The number of benzene rings is 1. The second-order valence-electron chi connectivity index (χ2n) is 5.90. The first-order valence-corrected chi connectivity index (χ1v) is 9.48. The number of aryl methyl sites for hydroxylation is 1. The van der Waals surface area contributed by atoms with E-state index < -0.39 is 0 Å². The lowest BCUT2D eigenvalue weighted by Gasteiger charge is -1.99. The Morgan fingerprint density at radius 1 is 0.958 bits per heavy atom. The summed E-state index contributed by atoms with van der Waals surface area (Å²) in [5.41, 5.74) is 4.65. The van der Waals surface area contributed by atoms with Crippen LogP contribution in [0, 0.1) is 6.92 Å². The maximum Gasteiger partial charge on any atom is 0.0831 e. The number of rotatable bonds is 3. The van der Waals surface area contributed by atoms with Gasteiger partial charge in [0.2, 0.25) is 0 Å². The normalized spacial score (nSPS) is 11.1. The zero-order valence-electron chi connectivity index (χ0n) is 13.7. The third-order valence-electron chi connectivity index (χ3n) is 4.15. The van der Waals surface area contributed by atoms with Gasteiger partial charge in [-0.25, -0.2) is 0 Å². The van der Waals surface area contributed by atoms with E-state index in [1.54, 1.807) is 0 Å². The van der Waals surface area contributed by atoms with Crippen molar-refractivity contribution in [2.24, 2.45) is 0 Å². The summed E-state index contributed by atoms with van der Waals surface area (Å²) in [4.78, 5) is 8.49. The van der Waals surface area contributed by atoms with E-state index in [-0.39, 0.29) is 0 Å². The van der Waals surface area contributed by atoms with E-state index in [1.807, 2.05) is 35.8 Å². The van der Waals surface area contributed by atoms with Crippen molar-refractivity contribution in [2.45, 2.75) is 13.8 Å². The SMILES string of the molecule is C=C(C)c1nccc2c(C)c(-c3ccc(-c4ccccc4)s3)sc12. The molecule has 0 saturated heterocycles. The number of hydrogen-bond donors (Lipinski definition) is 0. The van der Waals surface area contributed by atoms with Crippen LogP contribution in [-0.4, -0.2) is 4.98 Å². The Bertz CT molecular complexity index is 1040. The number of allylic oxidation sites excluding steroid dienone is 1. The molecule has 0 atom stereocenters. The Balaban J connectivity index is 1.86. The van der Waals surface area contributed by atoms with Crippen LogP contribution in [0.5, 0.6) is 0 Å². The van der Waals surface area contributed by atoms with E-state index >= 15 is 0 Å². The molecule has 0 bridgehead atoms. The fraction of sp³-hybridized carbons (Fsp3) is 0.0952. The van der Waals surface area contributed by atoms with Gasteiger partial charge in [-0.05, 0) is 54.1 Å². The minimum Gasteiger partial charge on any atom is -0.255 e. The maximum absolute atomic E-state index is 4.52. The molecule has 0 radical (unpaired) electrons. The highest BCUT2D eigenvalue weighted by Gasteiger charge is 2.15. The summed E-state index contributed by atoms with van der Waals surface area (Å²) in [5.74, 6) is 0. The number of fused-ring (bicyclic) bond motifs is 1. The summed E-state index contributed by atoms with van der Waals surface area (Å²) in [6, 6.07) is 17.1. The molecule has 0 fully saturated rings. The molecule has 0 spiro atoms. The van der Waals surface area contributed by atoms with Gasteiger partial charge < -0.3 is 0 Å². The quantitative estimate of drug-likeness (QED) is 0.387. The molecule has 0 unspecified atom stereocenters. The van der Waals surface area contributed by atoms with Crippen LogP contribution in [0.3, 0.4) is 0 Å². The lowest BCUT2D eigenvalue weighted by molar-refractivity contribution is 1.31. The predicted molar refractivity (Wildman–Crippen MR) is 108 cm³/mol. The van der Waals surface area contributed by atoms with E-state index in [0.29, 0.717) is 0 Å². The van der Waals surface area contributed by atoms with Crippen LogP contribution in [0.15, 0.2) is 61.3 Å². The Hall–Kier alpha value is -2.23. The zero-order valence-corrected chi connectivity index (χ0v) is 15.3.